The van der Waals surface area contributed by atoms with Gasteiger partial charge in [0.15, 0.2) is 0 Å². The van der Waals surface area contributed by atoms with Gasteiger partial charge in [0.05, 0.1) is 24.1 Å². The average Bonchev–Trinajstić information content (AvgIpc) is 3.22. The lowest BCUT2D eigenvalue weighted by molar-refractivity contribution is -0.137. The van der Waals surface area contributed by atoms with Crippen LogP contribution in [0, 0.1) is 0 Å². The fourth-order valence-corrected chi connectivity index (χ4v) is 5.71. The quantitative estimate of drug-likeness (QED) is 0.111. The Kier molecular flexibility index (Phi) is 12.3. The summed E-state index contributed by atoms with van der Waals surface area (Å²) in [6.45, 7) is 3.26. The highest BCUT2D eigenvalue weighted by atomic mass is 19.4. The molecule has 2 atom stereocenters. The van der Waals surface area contributed by atoms with Crippen LogP contribution in [-0.2, 0) is 15.8 Å². The van der Waals surface area contributed by atoms with Crippen LogP contribution in [0.3, 0.4) is 0 Å². The van der Waals surface area contributed by atoms with Crippen LogP contribution in [0.15, 0.2) is 131 Å². The Bertz CT molecular complexity index is 2560. The van der Waals surface area contributed by atoms with Crippen molar-refractivity contribution in [3.05, 3.63) is 148 Å². The lowest BCUT2D eigenvalue weighted by Gasteiger charge is -2.16. The predicted octanol–water partition coefficient (Wildman–Crippen LogP) is 7.02. The van der Waals surface area contributed by atoms with Crippen molar-refractivity contribution < 1.29 is 37.0 Å². The van der Waals surface area contributed by atoms with Gasteiger partial charge in [0.25, 0.3) is 11.1 Å². The number of anilines is 2. The Balaban J connectivity index is 1.04. The number of carbonyl (C=O) groups is 2. The van der Waals surface area contributed by atoms with Crippen LogP contribution in [0.25, 0.3) is 22.5 Å². The fourth-order valence-electron chi connectivity index (χ4n) is 5.71. The van der Waals surface area contributed by atoms with Crippen molar-refractivity contribution in [3.63, 3.8) is 0 Å². The van der Waals surface area contributed by atoms with Crippen molar-refractivity contribution in [2.75, 3.05) is 31.0 Å². The van der Waals surface area contributed by atoms with E-state index in [0.717, 1.165) is 27.1 Å². The number of halogens is 3. The second kappa shape index (κ2) is 17.7. The third-order valence-electron chi connectivity index (χ3n) is 8.82. The molecule has 58 heavy (non-hydrogen) atoms. The smallest absolute Gasteiger partial charge is 0.416 e. The van der Waals surface area contributed by atoms with E-state index >= 15 is 0 Å². The molecule has 2 heterocycles. The SMILES string of the molecule is COc1cccc(-c2ccc(=O)n(C(C)C(=O)Nc3cccc(OCCOc4cccc(-c5ccc(=O)n(C(C)C(=O)Nc6cccc(C(F)(F)F)c6)n5)c4)c3)n2)c1. The number of amides is 2. The Labute approximate surface area is 329 Å². The molecule has 0 saturated heterocycles. The van der Waals surface area contributed by atoms with E-state index in [1.165, 1.54) is 37.3 Å². The van der Waals surface area contributed by atoms with Gasteiger partial charge >= 0.3 is 6.18 Å². The van der Waals surface area contributed by atoms with Gasteiger partial charge in [-0.2, -0.15) is 23.4 Å². The number of aromatic nitrogens is 4. The maximum atomic E-state index is 13.2. The highest BCUT2D eigenvalue weighted by Crippen LogP contribution is 2.31. The fraction of sp³-hybridized carbons (Fsp3) is 0.190. The molecule has 4 aromatic carbocycles. The first kappa shape index (κ1) is 40.4. The number of carbonyl (C=O) groups excluding carboxylic acids is 2. The molecule has 298 valence electrons. The highest BCUT2D eigenvalue weighted by Gasteiger charge is 2.31. The van der Waals surface area contributed by atoms with Gasteiger partial charge in [-0.15, -0.1) is 0 Å². The number of hydrogen-bond acceptors (Lipinski definition) is 9. The van der Waals surface area contributed by atoms with Crippen LogP contribution in [0.5, 0.6) is 17.2 Å². The van der Waals surface area contributed by atoms with Gasteiger partial charge in [-0.25, -0.2) is 9.36 Å². The molecule has 0 saturated carbocycles. The Morgan fingerprint density at radius 3 is 1.59 bits per heavy atom. The molecule has 2 amide bonds. The zero-order chi connectivity index (χ0) is 41.4. The molecular formula is C42H37F3N6O7. The van der Waals surface area contributed by atoms with Gasteiger partial charge in [-0.05, 0) is 80.6 Å². The van der Waals surface area contributed by atoms with E-state index in [-0.39, 0.29) is 18.9 Å². The molecule has 0 spiro atoms. The number of benzene rings is 4. The minimum absolute atomic E-state index is 0.0743. The number of alkyl halides is 3. The monoisotopic (exact) mass is 794 g/mol. The molecule has 2 N–H and O–H groups in total. The van der Waals surface area contributed by atoms with Gasteiger partial charge < -0.3 is 24.8 Å². The van der Waals surface area contributed by atoms with Crippen molar-refractivity contribution in [3.8, 4) is 39.8 Å². The summed E-state index contributed by atoms with van der Waals surface area (Å²) in [6, 6.07) is 28.6. The van der Waals surface area contributed by atoms with Gasteiger partial charge in [-0.1, -0.05) is 36.4 Å². The number of rotatable bonds is 14. The van der Waals surface area contributed by atoms with Crippen LogP contribution in [0.1, 0.15) is 31.5 Å². The van der Waals surface area contributed by atoms with Crippen molar-refractivity contribution in [2.45, 2.75) is 32.1 Å². The van der Waals surface area contributed by atoms with Crippen LogP contribution >= 0.6 is 0 Å². The van der Waals surface area contributed by atoms with E-state index in [2.05, 4.69) is 20.8 Å². The van der Waals surface area contributed by atoms with E-state index in [4.69, 9.17) is 14.2 Å². The Morgan fingerprint density at radius 1 is 0.621 bits per heavy atom. The third kappa shape index (κ3) is 9.95. The highest BCUT2D eigenvalue weighted by molar-refractivity contribution is 5.94. The zero-order valence-electron chi connectivity index (χ0n) is 31.4. The molecule has 2 aromatic heterocycles. The van der Waals surface area contributed by atoms with Gasteiger partial charge in [0, 0.05) is 40.7 Å². The third-order valence-corrected chi connectivity index (χ3v) is 8.82. The molecule has 6 rings (SSSR count). The Hall–Kier alpha value is -7.23. The maximum Gasteiger partial charge on any atom is 0.416 e. The van der Waals surface area contributed by atoms with Crippen molar-refractivity contribution in [1.29, 1.82) is 0 Å². The summed E-state index contributed by atoms with van der Waals surface area (Å²) in [7, 11) is 1.55. The van der Waals surface area contributed by atoms with E-state index in [1.54, 1.807) is 86.8 Å². The average molecular weight is 795 g/mol. The number of hydrogen-bond donors (Lipinski definition) is 2. The lowest BCUT2D eigenvalue weighted by Crippen LogP contribution is -2.33. The predicted molar refractivity (Wildman–Crippen MR) is 210 cm³/mol. The summed E-state index contributed by atoms with van der Waals surface area (Å²) in [5.41, 5.74) is 0.557. The van der Waals surface area contributed by atoms with Crippen molar-refractivity contribution in [2.24, 2.45) is 0 Å². The Morgan fingerprint density at radius 2 is 1.07 bits per heavy atom. The summed E-state index contributed by atoms with van der Waals surface area (Å²) < 4.78 is 58.5. The van der Waals surface area contributed by atoms with Gasteiger partial charge in [0.2, 0.25) is 11.8 Å². The molecule has 0 aliphatic carbocycles. The molecule has 0 radical (unpaired) electrons. The van der Waals surface area contributed by atoms with E-state index in [9.17, 15) is 32.3 Å². The number of nitrogens with one attached hydrogen (secondary N) is 2. The van der Waals surface area contributed by atoms with Crippen molar-refractivity contribution >= 4 is 23.2 Å². The van der Waals surface area contributed by atoms with Gasteiger partial charge in [0.1, 0.15) is 42.5 Å². The standard InChI is InChI=1S/C42H37F3N6O7/c1-26(40(54)46-31-11-6-10-30(24-31)42(43,44)45)50-39(53)19-17-37(49-50)29-9-5-14-34(23-29)57-20-21-58-35-15-7-12-32(25-35)47-41(55)27(2)51-38(52)18-16-36(48-51)28-8-4-13-33(22-28)56-3/h4-19,22-27H,20-21H2,1-3H3,(H,46,54)(H,47,55). The number of nitrogens with zero attached hydrogens (tertiary/aromatic N) is 4. The zero-order valence-corrected chi connectivity index (χ0v) is 31.4. The topological polar surface area (TPSA) is 156 Å². The summed E-state index contributed by atoms with van der Waals surface area (Å²) >= 11 is 0. The van der Waals surface area contributed by atoms with Crippen LogP contribution in [-0.4, -0.2) is 51.7 Å². The minimum Gasteiger partial charge on any atom is -0.497 e. The van der Waals surface area contributed by atoms with Crippen molar-refractivity contribution in [1.82, 2.24) is 19.6 Å². The molecule has 0 bridgehead atoms. The second-order valence-electron chi connectivity index (χ2n) is 12.9. The van der Waals surface area contributed by atoms with E-state index in [1.807, 2.05) is 6.07 Å². The summed E-state index contributed by atoms with van der Waals surface area (Å²) in [4.78, 5) is 51.5. The second-order valence-corrected chi connectivity index (χ2v) is 12.9. The van der Waals surface area contributed by atoms with E-state index < -0.39 is 46.8 Å². The summed E-state index contributed by atoms with van der Waals surface area (Å²) in [6.07, 6.45) is -4.59. The first-order chi connectivity index (χ1) is 27.8. The molecule has 16 heteroatoms. The minimum atomic E-state index is -4.59. The van der Waals surface area contributed by atoms with Crippen LogP contribution in [0.2, 0.25) is 0 Å². The molecule has 6 aromatic rings. The number of ether oxygens (including phenoxy) is 3. The lowest BCUT2D eigenvalue weighted by atomic mass is 10.1. The van der Waals surface area contributed by atoms with Gasteiger partial charge in [-0.3, -0.25) is 19.2 Å². The summed E-state index contributed by atoms with van der Waals surface area (Å²) in [5.74, 6) is 0.352. The summed E-state index contributed by atoms with van der Waals surface area (Å²) in [5, 5.41) is 14.0. The first-order valence-corrected chi connectivity index (χ1v) is 17.9. The normalized spacial score (nSPS) is 12.2. The number of methoxy groups -OCH3 is 1. The van der Waals surface area contributed by atoms with E-state index in [0.29, 0.717) is 39.9 Å². The molecule has 0 fully saturated rings. The molecule has 0 aliphatic rings. The maximum absolute atomic E-state index is 13.2. The molecular weight excluding hydrogens is 757 g/mol. The first-order valence-electron chi connectivity index (χ1n) is 17.9. The van der Waals surface area contributed by atoms with Crippen LogP contribution < -0.4 is 36.0 Å². The molecule has 0 aliphatic heterocycles. The largest absolute Gasteiger partial charge is 0.497 e. The molecule has 2 unspecified atom stereocenters. The molecule has 13 nitrogen and oxygen atoms in total. The van der Waals surface area contributed by atoms with Crippen LogP contribution in [0.4, 0.5) is 24.5 Å².